The summed E-state index contributed by atoms with van der Waals surface area (Å²) in [4.78, 5) is 0. The van der Waals surface area contributed by atoms with E-state index in [0.717, 1.165) is 0 Å². The highest BCUT2D eigenvalue weighted by Gasteiger charge is 2.32. The van der Waals surface area contributed by atoms with E-state index in [9.17, 15) is 0 Å². The van der Waals surface area contributed by atoms with Crippen LogP contribution in [0.15, 0.2) is 0 Å². The minimum atomic E-state index is -0.588. The lowest BCUT2D eigenvalue weighted by molar-refractivity contribution is -0.127. The fourth-order valence-corrected chi connectivity index (χ4v) is 1.01. The van der Waals surface area contributed by atoms with Crippen molar-refractivity contribution in [3.05, 3.63) is 0 Å². The largest absolute Gasteiger partial charge is 0.394 e. The predicted octanol–water partition coefficient (Wildman–Crippen LogP) is -0.899. The molecule has 0 bridgehead atoms. The molecule has 0 amide bonds. The van der Waals surface area contributed by atoms with Gasteiger partial charge in [-0.25, -0.2) is 0 Å². The fraction of sp³-hybridized carbons (Fsp3) is 1.00. The van der Waals surface area contributed by atoms with Crippen molar-refractivity contribution in [2.75, 3.05) is 13.7 Å². The Hall–Kier alpha value is -0.160. The Morgan fingerprint density at radius 3 is 2.70 bits per heavy atom. The van der Waals surface area contributed by atoms with Gasteiger partial charge >= 0.3 is 0 Å². The Morgan fingerprint density at radius 1 is 1.70 bits per heavy atom. The number of ether oxygens (including phenoxy) is 2. The van der Waals surface area contributed by atoms with Crippen LogP contribution in [0.25, 0.3) is 0 Å². The van der Waals surface area contributed by atoms with Crippen molar-refractivity contribution < 1.29 is 19.7 Å². The maximum Gasteiger partial charge on any atom is 0.160 e. The summed E-state index contributed by atoms with van der Waals surface area (Å²) in [5.41, 5.74) is 0. The van der Waals surface area contributed by atoms with Gasteiger partial charge in [0.05, 0.1) is 12.7 Å². The fourth-order valence-electron chi connectivity index (χ4n) is 1.01. The van der Waals surface area contributed by atoms with E-state index in [1.807, 2.05) is 0 Å². The van der Waals surface area contributed by atoms with E-state index in [-0.39, 0.29) is 12.9 Å². The maximum absolute atomic E-state index is 9.13. The zero-order valence-corrected chi connectivity index (χ0v) is 5.86. The van der Waals surface area contributed by atoms with Gasteiger partial charge in [0.15, 0.2) is 6.29 Å². The molecular formula is C6H12O4. The van der Waals surface area contributed by atoms with Crippen LogP contribution in [0.3, 0.4) is 0 Å². The van der Waals surface area contributed by atoms with Crippen LogP contribution in [-0.2, 0) is 9.47 Å². The van der Waals surface area contributed by atoms with Gasteiger partial charge in [-0.05, 0) is 0 Å². The summed E-state index contributed by atoms with van der Waals surface area (Å²) in [7, 11) is 1.51. The maximum atomic E-state index is 9.13. The molecule has 0 spiro atoms. The number of methoxy groups -OCH3 is 1. The number of aliphatic hydroxyl groups is 2. The first-order valence-corrected chi connectivity index (χ1v) is 3.25. The molecule has 1 saturated heterocycles. The second-order valence-electron chi connectivity index (χ2n) is 2.33. The molecule has 1 aliphatic rings. The van der Waals surface area contributed by atoms with Crippen molar-refractivity contribution in [3.63, 3.8) is 0 Å². The van der Waals surface area contributed by atoms with E-state index in [4.69, 9.17) is 19.7 Å². The van der Waals surface area contributed by atoms with E-state index in [1.165, 1.54) is 7.11 Å². The van der Waals surface area contributed by atoms with Crippen LogP contribution in [0.4, 0.5) is 0 Å². The van der Waals surface area contributed by atoms with Gasteiger partial charge in [0, 0.05) is 13.5 Å². The van der Waals surface area contributed by atoms with Crippen molar-refractivity contribution in [3.8, 4) is 0 Å². The quantitative estimate of drug-likeness (QED) is 0.533. The molecule has 1 aliphatic heterocycles. The lowest BCUT2D eigenvalue weighted by Crippen LogP contribution is -2.24. The Bertz CT molecular complexity index is 106. The number of rotatable bonds is 2. The summed E-state index contributed by atoms with van der Waals surface area (Å²) in [6.07, 6.45) is -0.964. The van der Waals surface area contributed by atoms with Gasteiger partial charge in [-0.2, -0.15) is 0 Å². The van der Waals surface area contributed by atoms with E-state index in [1.54, 1.807) is 0 Å². The first-order chi connectivity index (χ1) is 4.77. The third-order valence-corrected chi connectivity index (χ3v) is 1.63. The normalized spacial score (nSPS) is 40.5. The molecule has 60 valence electrons. The Labute approximate surface area is 59.4 Å². The van der Waals surface area contributed by atoms with Gasteiger partial charge < -0.3 is 19.7 Å². The van der Waals surface area contributed by atoms with Crippen LogP contribution in [0.5, 0.6) is 0 Å². The van der Waals surface area contributed by atoms with Gasteiger partial charge in [0.25, 0.3) is 0 Å². The van der Waals surface area contributed by atoms with Crippen molar-refractivity contribution in [1.29, 1.82) is 0 Å². The predicted molar refractivity (Wildman–Crippen MR) is 33.4 cm³/mol. The molecule has 0 aromatic heterocycles. The van der Waals surface area contributed by atoms with Crippen molar-refractivity contribution in [2.24, 2.45) is 0 Å². The van der Waals surface area contributed by atoms with Gasteiger partial charge in [-0.3, -0.25) is 0 Å². The van der Waals surface area contributed by atoms with E-state index >= 15 is 0 Å². The molecule has 1 heterocycles. The molecule has 0 aromatic carbocycles. The third kappa shape index (κ3) is 1.46. The summed E-state index contributed by atoms with van der Waals surface area (Å²) < 4.78 is 9.87. The Kier molecular flexibility index (Phi) is 2.62. The van der Waals surface area contributed by atoms with Crippen molar-refractivity contribution in [2.45, 2.75) is 24.9 Å². The highest BCUT2D eigenvalue weighted by molar-refractivity contribution is 4.76. The molecule has 4 heteroatoms. The second-order valence-corrected chi connectivity index (χ2v) is 2.33. The van der Waals surface area contributed by atoms with Gasteiger partial charge in [0.1, 0.15) is 6.10 Å². The lowest BCUT2D eigenvalue weighted by atomic mass is 10.2. The number of hydrogen-bond donors (Lipinski definition) is 2. The summed E-state index contributed by atoms with van der Waals surface area (Å²) in [6.45, 7) is -0.152. The molecule has 1 unspecified atom stereocenters. The summed E-state index contributed by atoms with van der Waals surface area (Å²) in [6, 6.07) is 0. The molecule has 4 nitrogen and oxygen atoms in total. The van der Waals surface area contributed by atoms with E-state index in [2.05, 4.69) is 0 Å². The molecule has 1 fully saturated rings. The zero-order valence-electron chi connectivity index (χ0n) is 5.86. The molecule has 0 aliphatic carbocycles. The van der Waals surface area contributed by atoms with Crippen LogP contribution in [0, 0.1) is 0 Å². The van der Waals surface area contributed by atoms with Gasteiger partial charge in [-0.1, -0.05) is 0 Å². The first-order valence-electron chi connectivity index (χ1n) is 3.25. The highest BCUT2D eigenvalue weighted by atomic mass is 16.7. The van der Waals surface area contributed by atoms with Gasteiger partial charge in [0.2, 0.25) is 0 Å². The standard InChI is InChI=1S/C6H12O4/c1-9-6-2-4(8)5(3-7)10-6/h4-8H,2-3H2,1H3/t4?,5-,6-/m1/s1. The molecule has 10 heavy (non-hydrogen) atoms. The Morgan fingerprint density at radius 2 is 2.40 bits per heavy atom. The minimum absolute atomic E-state index is 0.152. The molecule has 0 saturated carbocycles. The average molecular weight is 148 g/mol. The summed E-state index contributed by atoms with van der Waals surface area (Å²) in [5, 5.41) is 17.7. The third-order valence-electron chi connectivity index (χ3n) is 1.63. The highest BCUT2D eigenvalue weighted by Crippen LogP contribution is 2.19. The monoisotopic (exact) mass is 148 g/mol. The average Bonchev–Trinajstić information content (AvgIpc) is 2.30. The molecule has 2 N–H and O–H groups in total. The zero-order chi connectivity index (χ0) is 7.56. The van der Waals surface area contributed by atoms with Crippen LogP contribution in [0.2, 0.25) is 0 Å². The summed E-state index contributed by atoms with van der Waals surface area (Å²) in [5.74, 6) is 0. The first kappa shape index (κ1) is 7.94. The van der Waals surface area contributed by atoms with Crippen molar-refractivity contribution in [1.82, 2.24) is 0 Å². The second kappa shape index (κ2) is 3.30. The van der Waals surface area contributed by atoms with Crippen LogP contribution < -0.4 is 0 Å². The van der Waals surface area contributed by atoms with E-state index in [0.29, 0.717) is 6.42 Å². The minimum Gasteiger partial charge on any atom is -0.394 e. The Balaban J connectivity index is 2.36. The smallest absolute Gasteiger partial charge is 0.160 e. The SMILES string of the molecule is CO[C@H]1CC(O)[C@@H](CO)O1. The molecule has 1 rings (SSSR count). The van der Waals surface area contributed by atoms with Crippen molar-refractivity contribution >= 4 is 0 Å². The van der Waals surface area contributed by atoms with Crippen LogP contribution >= 0.6 is 0 Å². The molecule has 0 aromatic rings. The topological polar surface area (TPSA) is 58.9 Å². The molecule has 0 radical (unpaired) electrons. The van der Waals surface area contributed by atoms with Crippen LogP contribution in [-0.4, -0.2) is 42.4 Å². The molecule has 3 atom stereocenters. The van der Waals surface area contributed by atoms with E-state index < -0.39 is 12.2 Å². The lowest BCUT2D eigenvalue weighted by Gasteiger charge is -2.09. The summed E-state index contributed by atoms with van der Waals surface area (Å²) >= 11 is 0. The van der Waals surface area contributed by atoms with Gasteiger partial charge in [-0.15, -0.1) is 0 Å². The number of hydrogen-bond acceptors (Lipinski definition) is 4. The van der Waals surface area contributed by atoms with Crippen LogP contribution in [0.1, 0.15) is 6.42 Å². The molecular weight excluding hydrogens is 136 g/mol. The number of aliphatic hydroxyl groups excluding tert-OH is 2.